The molecule has 8 nitrogen and oxygen atoms in total. The fraction of sp³-hybridized carbons (Fsp3) is 0.190. The number of amides is 1. The van der Waals surface area contributed by atoms with Crippen LogP contribution in [0.15, 0.2) is 58.1 Å². The maximum Gasteiger partial charge on any atom is 0.262 e. The van der Waals surface area contributed by atoms with E-state index in [-0.39, 0.29) is 41.3 Å². The third-order valence-corrected chi connectivity index (χ3v) is 5.24. The lowest BCUT2D eigenvalue weighted by molar-refractivity contribution is -0.130. The number of carbonyl (C=O) groups excluding carboxylic acids is 1. The summed E-state index contributed by atoms with van der Waals surface area (Å²) >= 11 is 5.28. The number of rotatable bonds is 5. The summed E-state index contributed by atoms with van der Waals surface area (Å²) in [6.07, 6.45) is 0.0873. The van der Waals surface area contributed by atoms with Gasteiger partial charge in [-0.15, -0.1) is 0 Å². The number of nitrogens with zero attached hydrogens (tertiary/aromatic N) is 3. The number of fused-ring (bicyclic) bond motifs is 2. The summed E-state index contributed by atoms with van der Waals surface area (Å²) in [7, 11) is 1.63. The molecule has 9 heteroatoms. The van der Waals surface area contributed by atoms with E-state index in [1.54, 1.807) is 49.5 Å². The van der Waals surface area contributed by atoms with E-state index in [9.17, 15) is 14.4 Å². The molecule has 0 saturated carbocycles. The van der Waals surface area contributed by atoms with Crippen LogP contribution in [0.25, 0.3) is 21.8 Å². The van der Waals surface area contributed by atoms with Gasteiger partial charge < -0.3 is 14.9 Å². The average Bonchev–Trinajstić information content (AvgIpc) is 2.73. The van der Waals surface area contributed by atoms with Crippen molar-refractivity contribution < 1.29 is 4.79 Å². The molecular formula is C21H19N5O3S. The number of hydrogen-bond donors (Lipinski definition) is 2. The number of nitrogens with one attached hydrogen (secondary N) is 2. The van der Waals surface area contributed by atoms with Crippen molar-refractivity contribution in [3.8, 4) is 0 Å². The summed E-state index contributed by atoms with van der Waals surface area (Å²) in [6.45, 7) is 0.308. The Hall–Kier alpha value is -3.59. The Labute approximate surface area is 175 Å². The van der Waals surface area contributed by atoms with Crippen LogP contribution < -0.4 is 11.1 Å². The van der Waals surface area contributed by atoms with Gasteiger partial charge in [-0.2, -0.15) is 0 Å². The standard InChI is InChI=1S/C21H19N5O3S/c1-25(12-17-22-15-8-4-2-6-13(15)19(28)24-17)18(27)10-11-26-20(29)14-7-3-5-9-16(14)23-21(26)30/h2-9H,10-12H2,1H3,(H,23,30)(H,22,24,28). The Bertz CT molecular complexity index is 1440. The van der Waals surface area contributed by atoms with Gasteiger partial charge in [-0.05, 0) is 36.5 Å². The van der Waals surface area contributed by atoms with Crippen LogP contribution >= 0.6 is 12.2 Å². The number of carbonyl (C=O) groups is 1. The van der Waals surface area contributed by atoms with Crippen molar-refractivity contribution in [3.05, 3.63) is 79.8 Å². The summed E-state index contributed by atoms with van der Waals surface area (Å²) < 4.78 is 1.66. The molecule has 4 aromatic rings. The average molecular weight is 421 g/mol. The molecule has 1 amide bonds. The second-order valence-electron chi connectivity index (χ2n) is 6.96. The van der Waals surface area contributed by atoms with Crippen LogP contribution in [-0.2, 0) is 17.9 Å². The molecule has 0 saturated heterocycles. The fourth-order valence-corrected chi connectivity index (χ4v) is 3.61. The quantitative estimate of drug-likeness (QED) is 0.482. The maximum absolute atomic E-state index is 12.7. The van der Waals surface area contributed by atoms with Gasteiger partial charge in [0.05, 0.1) is 28.4 Å². The summed E-state index contributed by atoms with van der Waals surface area (Å²) in [6, 6.07) is 14.1. The SMILES string of the molecule is CN(Cc1nc2ccccc2c(=O)[nH]1)C(=O)CCn1c(=S)[nH]c2ccccc2c1=O. The van der Waals surface area contributed by atoms with Gasteiger partial charge in [0.2, 0.25) is 5.91 Å². The Kier molecular flexibility index (Phi) is 5.28. The van der Waals surface area contributed by atoms with E-state index >= 15 is 0 Å². The van der Waals surface area contributed by atoms with Gasteiger partial charge in [0.25, 0.3) is 11.1 Å². The van der Waals surface area contributed by atoms with E-state index in [1.165, 1.54) is 9.47 Å². The van der Waals surface area contributed by atoms with Gasteiger partial charge in [0, 0.05) is 20.0 Å². The fourth-order valence-electron chi connectivity index (χ4n) is 3.32. The Morgan fingerprint density at radius 1 is 1.07 bits per heavy atom. The van der Waals surface area contributed by atoms with E-state index in [0.29, 0.717) is 27.6 Å². The molecule has 30 heavy (non-hydrogen) atoms. The molecule has 0 aliphatic heterocycles. The number of hydrogen-bond acceptors (Lipinski definition) is 5. The summed E-state index contributed by atoms with van der Waals surface area (Å²) in [5.41, 5.74) is 0.764. The first kappa shape index (κ1) is 19.7. The minimum Gasteiger partial charge on any atom is -0.338 e. The molecule has 2 N–H and O–H groups in total. The van der Waals surface area contributed by atoms with Gasteiger partial charge in [-0.25, -0.2) is 4.98 Å². The Morgan fingerprint density at radius 3 is 2.57 bits per heavy atom. The summed E-state index contributed by atoms with van der Waals surface area (Å²) in [5, 5.41) is 1.02. The van der Waals surface area contributed by atoms with Crippen molar-refractivity contribution in [1.29, 1.82) is 0 Å². The predicted octanol–water partition coefficient (Wildman–Crippen LogP) is 2.34. The molecule has 0 aliphatic rings. The van der Waals surface area contributed by atoms with Gasteiger partial charge in [0.15, 0.2) is 4.77 Å². The van der Waals surface area contributed by atoms with Crippen LogP contribution in [0.3, 0.4) is 0 Å². The zero-order valence-corrected chi connectivity index (χ0v) is 17.0. The molecule has 0 bridgehead atoms. The number of para-hydroxylation sites is 2. The van der Waals surface area contributed by atoms with Crippen LogP contribution in [0, 0.1) is 4.77 Å². The zero-order chi connectivity index (χ0) is 21.3. The number of benzene rings is 2. The molecule has 0 radical (unpaired) electrons. The van der Waals surface area contributed by atoms with E-state index in [4.69, 9.17) is 12.2 Å². The van der Waals surface area contributed by atoms with Crippen molar-refractivity contribution in [2.45, 2.75) is 19.5 Å². The number of H-pyrrole nitrogens is 2. The molecule has 0 atom stereocenters. The normalized spacial score (nSPS) is 11.1. The summed E-state index contributed by atoms with van der Waals surface area (Å²) in [4.78, 5) is 49.1. The predicted molar refractivity (Wildman–Crippen MR) is 117 cm³/mol. The van der Waals surface area contributed by atoms with Crippen molar-refractivity contribution in [1.82, 2.24) is 24.4 Å². The number of aromatic amines is 2. The van der Waals surface area contributed by atoms with Gasteiger partial charge in [0.1, 0.15) is 5.82 Å². The second-order valence-corrected chi connectivity index (χ2v) is 7.35. The third kappa shape index (κ3) is 3.79. The minimum absolute atomic E-state index is 0.0873. The molecule has 0 fully saturated rings. The van der Waals surface area contributed by atoms with Crippen LogP contribution in [0.5, 0.6) is 0 Å². The monoisotopic (exact) mass is 421 g/mol. The Morgan fingerprint density at radius 2 is 1.77 bits per heavy atom. The number of aromatic nitrogens is 4. The zero-order valence-electron chi connectivity index (χ0n) is 16.2. The molecule has 2 heterocycles. The molecular weight excluding hydrogens is 402 g/mol. The van der Waals surface area contributed by atoms with E-state index in [0.717, 1.165) is 0 Å². The van der Waals surface area contributed by atoms with Crippen LogP contribution in [-0.4, -0.2) is 37.4 Å². The minimum atomic E-state index is -0.245. The molecule has 152 valence electrons. The van der Waals surface area contributed by atoms with Gasteiger partial charge in [-0.1, -0.05) is 24.3 Å². The molecule has 4 rings (SSSR count). The lowest BCUT2D eigenvalue weighted by Gasteiger charge is -2.17. The van der Waals surface area contributed by atoms with E-state index < -0.39 is 0 Å². The lowest BCUT2D eigenvalue weighted by atomic mass is 10.2. The topological polar surface area (TPSA) is 104 Å². The van der Waals surface area contributed by atoms with Crippen LogP contribution in [0.4, 0.5) is 0 Å². The van der Waals surface area contributed by atoms with Crippen LogP contribution in [0.2, 0.25) is 0 Å². The van der Waals surface area contributed by atoms with Crippen molar-refractivity contribution >= 4 is 39.9 Å². The van der Waals surface area contributed by atoms with E-state index in [2.05, 4.69) is 15.0 Å². The maximum atomic E-state index is 12.7. The smallest absolute Gasteiger partial charge is 0.262 e. The highest BCUT2D eigenvalue weighted by atomic mass is 32.1. The highest BCUT2D eigenvalue weighted by Crippen LogP contribution is 2.09. The van der Waals surface area contributed by atoms with Crippen LogP contribution in [0.1, 0.15) is 12.2 Å². The summed E-state index contributed by atoms with van der Waals surface area (Å²) in [5.74, 6) is 0.204. The van der Waals surface area contributed by atoms with Crippen molar-refractivity contribution in [3.63, 3.8) is 0 Å². The van der Waals surface area contributed by atoms with Gasteiger partial charge >= 0.3 is 0 Å². The highest BCUT2D eigenvalue weighted by molar-refractivity contribution is 7.71. The molecule has 0 unspecified atom stereocenters. The molecule has 0 spiro atoms. The largest absolute Gasteiger partial charge is 0.338 e. The molecule has 2 aromatic carbocycles. The first-order valence-electron chi connectivity index (χ1n) is 9.38. The lowest BCUT2D eigenvalue weighted by Crippen LogP contribution is -2.31. The Balaban J connectivity index is 1.50. The van der Waals surface area contributed by atoms with Crippen molar-refractivity contribution in [2.24, 2.45) is 0 Å². The van der Waals surface area contributed by atoms with Gasteiger partial charge in [-0.3, -0.25) is 19.0 Å². The van der Waals surface area contributed by atoms with Crippen molar-refractivity contribution in [2.75, 3.05) is 7.05 Å². The molecule has 0 aliphatic carbocycles. The third-order valence-electron chi connectivity index (χ3n) is 4.91. The first-order valence-corrected chi connectivity index (χ1v) is 9.78. The molecule has 2 aromatic heterocycles. The second kappa shape index (κ2) is 8.03. The van der Waals surface area contributed by atoms with E-state index in [1.807, 2.05) is 6.07 Å². The highest BCUT2D eigenvalue weighted by Gasteiger charge is 2.13. The first-order chi connectivity index (χ1) is 14.4.